The Morgan fingerprint density at radius 3 is 2.90 bits per heavy atom. The van der Waals surface area contributed by atoms with Gasteiger partial charge in [0.2, 0.25) is 0 Å². The van der Waals surface area contributed by atoms with E-state index in [0.29, 0.717) is 15.8 Å². The van der Waals surface area contributed by atoms with E-state index in [9.17, 15) is 4.39 Å². The van der Waals surface area contributed by atoms with E-state index in [4.69, 9.17) is 5.73 Å². The Labute approximate surface area is 71.8 Å². The van der Waals surface area contributed by atoms with Crippen molar-refractivity contribution in [1.82, 2.24) is 4.98 Å². The molecule has 0 bridgehead atoms. The molecular formula is C6H6FIN2. The number of hydrogen-bond donors (Lipinski definition) is 1. The van der Waals surface area contributed by atoms with Crippen LogP contribution >= 0.6 is 22.6 Å². The summed E-state index contributed by atoms with van der Waals surface area (Å²) in [6, 6.07) is 1.63. The van der Waals surface area contributed by atoms with Crippen LogP contribution in [0.15, 0.2) is 12.3 Å². The fraction of sp³-hybridized carbons (Fsp3) is 0.167. The molecule has 0 saturated heterocycles. The van der Waals surface area contributed by atoms with Crippen molar-refractivity contribution < 1.29 is 4.39 Å². The van der Waals surface area contributed by atoms with E-state index in [1.807, 2.05) is 22.6 Å². The van der Waals surface area contributed by atoms with Gasteiger partial charge in [0, 0.05) is 6.54 Å². The molecule has 54 valence electrons. The molecule has 0 radical (unpaired) electrons. The van der Waals surface area contributed by atoms with E-state index >= 15 is 0 Å². The Hall–Kier alpha value is -0.230. The highest BCUT2D eigenvalue weighted by Crippen LogP contribution is 2.09. The van der Waals surface area contributed by atoms with Crippen LogP contribution in [0.25, 0.3) is 0 Å². The maximum atomic E-state index is 12.5. The minimum absolute atomic E-state index is 0.294. The number of hydrogen-bond acceptors (Lipinski definition) is 2. The van der Waals surface area contributed by atoms with Gasteiger partial charge in [-0.1, -0.05) is 0 Å². The van der Waals surface area contributed by atoms with Crippen LogP contribution in [0.3, 0.4) is 0 Å². The molecule has 1 aromatic rings. The molecule has 0 fully saturated rings. The van der Waals surface area contributed by atoms with Crippen LogP contribution < -0.4 is 5.73 Å². The fourth-order valence-electron chi connectivity index (χ4n) is 0.565. The van der Waals surface area contributed by atoms with Crippen molar-refractivity contribution in [2.45, 2.75) is 6.54 Å². The highest BCUT2D eigenvalue weighted by Gasteiger charge is 1.98. The zero-order chi connectivity index (χ0) is 7.56. The minimum atomic E-state index is -0.294. The summed E-state index contributed by atoms with van der Waals surface area (Å²) in [7, 11) is 0. The number of aromatic nitrogens is 1. The Balaban J connectivity index is 3.04. The molecule has 0 saturated carbocycles. The summed E-state index contributed by atoms with van der Waals surface area (Å²) in [4.78, 5) is 3.75. The molecule has 2 N–H and O–H groups in total. The molecule has 0 unspecified atom stereocenters. The lowest BCUT2D eigenvalue weighted by molar-refractivity contribution is 0.611. The highest BCUT2D eigenvalue weighted by atomic mass is 127. The molecule has 0 aliphatic heterocycles. The maximum Gasteiger partial charge on any atom is 0.154 e. The summed E-state index contributed by atoms with van der Waals surface area (Å²) in [5, 5.41) is 0. The quantitative estimate of drug-likeness (QED) is 0.765. The van der Waals surface area contributed by atoms with Gasteiger partial charge in [0.1, 0.15) is 0 Å². The molecule has 2 nitrogen and oxygen atoms in total. The number of nitrogens with two attached hydrogens (primary N) is 1. The van der Waals surface area contributed by atoms with Gasteiger partial charge in [0.15, 0.2) is 5.82 Å². The van der Waals surface area contributed by atoms with Crippen molar-refractivity contribution in [2.24, 2.45) is 5.73 Å². The van der Waals surface area contributed by atoms with E-state index in [2.05, 4.69) is 4.98 Å². The second kappa shape index (κ2) is 3.25. The predicted molar refractivity (Wildman–Crippen MR) is 44.8 cm³/mol. The first-order chi connectivity index (χ1) is 4.74. The maximum absolute atomic E-state index is 12.5. The summed E-state index contributed by atoms with van der Waals surface area (Å²) in [6.45, 7) is 0.357. The zero-order valence-corrected chi connectivity index (χ0v) is 7.30. The number of halogens is 2. The molecule has 0 aromatic carbocycles. The van der Waals surface area contributed by atoms with Crippen LogP contribution in [0, 0.1) is 9.39 Å². The van der Waals surface area contributed by atoms with Crippen LogP contribution in [-0.2, 0) is 6.54 Å². The third kappa shape index (κ3) is 1.63. The van der Waals surface area contributed by atoms with Crippen molar-refractivity contribution in [3.05, 3.63) is 27.3 Å². The molecule has 0 atom stereocenters. The Morgan fingerprint density at radius 1 is 1.70 bits per heavy atom. The number of rotatable bonds is 1. The van der Waals surface area contributed by atoms with Crippen molar-refractivity contribution >= 4 is 22.6 Å². The standard InChI is InChI=1S/C6H6FIN2/c7-5-3-10-4(2-9)1-6(5)8/h1,3H,2,9H2. The molecule has 0 amide bonds. The molecule has 4 heteroatoms. The predicted octanol–water partition coefficient (Wildman–Crippen LogP) is 1.28. The van der Waals surface area contributed by atoms with Gasteiger partial charge < -0.3 is 5.73 Å². The van der Waals surface area contributed by atoms with E-state index in [-0.39, 0.29) is 5.82 Å². The molecule has 10 heavy (non-hydrogen) atoms. The lowest BCUT2D eigenvalue weighted by atomic mass is 10.3. The van der Waals surface area contributed by atoms with E-state index in [1.165, 1.54) is 6.20 Å². The number of pyridine rings is 1. The third-order valence-corrected chi connectivity index (χ3v) is 1.90. The summed E-state index contributed by atoms with van der Waals surface area (Å²) < 4.78 is 13.1. The Kier molecular flexibility index (Phi) is 2.56. The first kappa shape index (κ1) is 7.87. The van der Waals surface area contributed by atoms with Gasteiger partial charge in [-0.15, -0.1) is 0 Å². The van der Waals surface area contributed by atoms with E-state index in [0.717, 1.165) is 0 Å². The second-order valence-corrected chi connectivity index (χ2v) is 2.96. The first-order valence-corrected chi connectivity index (χ1v) is 3.82. The Morgan fingerprint density at radius 2 is 2.40 bits per heavy atom. The average molecular weight is 252 g/mol. The molecule has 0 aliphatic rings. The number of nitrogens with zero attached hydrogens (tertiary/aromatic N) is 1. The van der Waals surface area contributed by atoms with E-state index < -0.39 is 0 Å². The summed E-state index contributed by atoms with van der Waals surface area (Å²) in [6.07, 6.45) is 1.18. The molecule has 0 aliphatic carbocycles. The Bertz CT molecular complexity index is 239. The van der Waals surface area contributed by atoms with Crippen molar-refractivity contribution in [3.63, 3.8) is 0 Å². The monoisotopic (exact) mass is 252 g/mol. The summed E-state index contributed by atoms with van der Waals surface area (Å²) in [5.74, 6) is -0.294. The molecular weight excluding hydrogens is 246 g/mol. The molecule has 1 rings (SSSR count). The lowest BCUT2D eigenvalue weighted by Gasteiger charge is -1.96. The van der Waals surface area contributed by atoms with Crippen molar-refractivity contribution in [1.29, 1.82) is 0 Å². The van der Waals surface area contributed by atoms with Gasteiger partial charge in [-0.3, -0.25) is 4.98 Å². The third-order valence-electron chi connectivity index (χ3n) is 1.07. The van der Waals surface area contributed by atoms with Crippen LogP contribution in [0.5, 0.6) is 0 Å². The minimum Gasteiger partial charge on any atom is -0.325 e. The SMILES string of the molecule is NCc1cc(I)c(F)cn1. The van der Waals surface area contributed by atoms with Gasteiger partial charge >= 0.3 is 0 Å². The van der Waals surface area contributed by atoms with Crippen molar-refractivity contribution in [2.75, 3.05) is 0 Å². The summed E-state index contributed by atoms with van der Waals surface area (Å²) >= 11 is 1.90. The van der Waals surface area contributed by atoms with E-state index in [1.54, 1.807) is 6.07 Å². The molecule has 0 spiro atoms. The van der Waals surface area contributed by atoms with Crippen molar-refractivity contribution in [3.8, 4) is 0 Å². The fourth-order valence-corrected chi connectivity index (χ4v) is 1.06. The van der Waals surface area contributed by atoms with Gasteiger partial charge in [0.25, 0.3) is 0 Å². The van der Waals surface area contributed by atoms with Crippen LogP contribution in [0.2, 0.25) is 0 Å². The lowest BCUT2D eigenvalue weighted by Crippen LogP contribution is -2.00. The van der Waals surface area contributed by atoms with Crippen LogP contribution in [0.4, 0.5) is 4.39 Å². The summed E-state index contributed by atoms with van der Waals surface area (Å²) in [5.41, 5.74) is 5.99. The van der Waals surface area contributed by atoms with Crippen LogP contribution in [-0.4, -0.2) is 4.98 Å². The first-order valence-electron chi connectivity index (χ1n) is 2.74. The second-order valence-electron chi connectivity index (χ2n) is 1.79. The zero-order valence-electron chi connectivity index (χ0n) is 5.14. The normalized spacial score (nSPS) is 9.90. The van der Waals surface area contributed by atoms with Gasteiger partial charge in [-0.05, 0) is 28.7 Å². The van der Waals surface area contributed by atoms with Gasteiger partial charge in [0.05, 0.1) is 15.5 Å². The largest absolute Gasteiger partial charge is 0.325 e. The molecule has 1 aromatic heterocycles. The van der Waals surface area contributed by atoms with Gasteiger partial charge in [-0.25, -0.2) is 4.39 Å². The van der Waals surface area contributed by atoms with Crippen LogP contribution in [0.1, 0.15) is 5.69 Å². The average Bonchev–Trinajstić information content (AvgIpc) is 1.95. The smallest absolute Gasteiger partial charge is 0.154 e. The molecule has 1 heterocycles. The topological polar surface area (TPSA) is 38.9 Å². The highest BCUT2D eigenvalue weighted by molar-refractivity contribution is 14.1. The van der Waals surface area contributed by atoms with Gasteiger partial charge in [-0.2, -0.15) is 0 Å².